The molecule has 4 rings (SSSR count). The van der Waals surface area contributed by atoms with Crippen molar-refractivity contribution in [2.75, 3.05) is 13.7 Å². The Morgan fingerprint density at radius 2 is 1.77 bits per heavy atom. The smallest absolute Gasteiger partial charge is 0.254 e. The molecule has 0 fully saturated rings. The molecule has 0 aliphatic heterocycles. The van der Waals surface area contributed by atoms with E-state index in [1.165, 1.54) is 5.56 Å². The van der Waals surface area contributed by atoms with Crippen LogP contribution in [0.5, 0.6) is 5.75 Å². The molecule has 0 unspecified atom stereocenters. The minimum absolute atomic E-state index is 0.00494. The lowest BCUT2D eigenvalue weighted by Crippen LogP contribution is -2.32. The minimum atomic E-state index is -0.00494. The van der Waals surface area contributed by atoms with Crippen LogP contribution in [0.1, 0.15) is 27.0 Å². The number of benzene rings is 3. The third-order valence-electron chi connectivity index (χ3n) is 5.50. The number of nitrogens with zero attached hydrogens (tertiary/aromatic N) is 1. The van der Waals surface area contributed by atoms with Crippen LogP contribution >= 0.6 is 11.6 Å². The number of aromatic amines is 1. The third kappa shape index (κ3) is 4.92. The van der Waals surface area contributed by atoms with Crippen LogP contribution in [0, 0.1) is 6.92 Å². The molecule has 0 spiro atoms. The normalized spacial score (nSPS) is 10.9. The summed E-state index contributed by atoms with van der Waals surface area (Å²) < 4.78 is 5.38. The molecule has 0 atom stereocenters. The molecule has 1 N–H and O–H groups in total. The van der Waals surface area contributed by atoms with Gasteiger partial charge in [0.05, 0.1) is 7.11 Å². The summed E-state index contributed by atoms with van der Waals surface area (Å²) in [6.45, 7) is 3.21. The van der Waals surface area contributed by atoms with Crippen molar-refractivity contribution in [2.24, 2.45) is 0 Å². The number of amides is 1. The van der Waals surface area contributed by atoms with E-state index in [2.05, 4.69) is 36.2 Å². The molecule has 1 heterocycles. The second-order valence-electron chi connectivity index (χ2n) is 7.69. The molecule has 0 radical (unpaired) electrons. The van der Waals surface area contributed by atoms with E-state index in [1.807, 2.05) is 29.3 Å². The molecule has 4 nitrogen and oxygen atoms in total. The number of fused-ring (bicyclic) bond motifs is 1. The highest BCUT2D eigenvalue weighted by Gasteiger charge is 2.17. The maximum absolute atomic E-state index is 13.3. The van der Waals surface area contributed by atoms with Crippen LogP contribution in [0.4, 0.5) is 0 Å². The molecule has 0 saturated heterocycles. The molecule has 1 amide bonds. The molecule has 0 saturated carbocycles. The van der Waals surface area contributed by atoms with E-state index < -0.39 is 0 Å². The van der Waals surface area contributed by atoms with Crippen molar-refractivity contribution in [2.45, 2.75) is 19.9 Å². The van der Waals surface area contributed by atoms with Gasteiger partial charge in [0, 0.05) is 40.8 Å². The van der Waals surface area contributed by atoms with E-state index >= 15 is 0 Å². The molecule has 31 heavy (non-hydrogen) atoms. The predicted molar refractivity (Wildman–Crippen MR) is 126 cm³/mol. The number of carbonyl (C=O) groups excluding carboxylic acids is 1. The fraction of sp³-hybridized carbons (Fsp3) is 0.192. The molecule has 3 aromatic carbocycles. The van der Waals surface area contributed by atoms with Crippen molar-refractivity contribution in [1.82, 2.24) is 9.88 Å². The number of aromatic nitrogens is 1. The standard InChI is InChI=1S/C26H25ClN2O2/c1-18-3-5-19(6-4-18)17-29(26(30)20-7-9-22(27)10-8-20)14-13-21-16-28-25-12-11-23(31-2)15-24(21)25/h3-12,15-16,28H,13-14,17H2,1-2H3. The van der Waals surface area contributed by atoms with Gasteiger partial charge in [-0.3, -0.25) is 4.79 Å². The number of ether oxygens (including phenoxy) is 1. The summed E-state index contributed by atoms with van der Waals surface area (Å²) in [6.07, 6.45) is 2.75. The van der Waals surface area contributed by atoms with E-state index in [-0.39, 0.29) is 5.91 Å². The number of nitrogens with one attached hydrogen (secondary N) is 1. The maximum Gasteiger partial charge on any atom is 0.254 e. The maximum atomic E-state index is 13.3. The Kier molecular flexibility index (Phi) is 6.28. The molecule has 1 aromatic heterocycles. The first-order chi connectivity index (χ1) is 15.0. The van der Waals surface area contributed by atoms with Crippen LogP contribution in [0.3, 0.4) is 0 Å². The quantitative estimate of drug-likeness (QED) is 0.388. The second-order valence-corrected chi connectivity index (χ2v) is 8.13. The van der Waals surface area contributed by atoms with Crippen molar-refractivity contribution in [3.05, 3.63) is 100 Å². The zero-order valence-corrected chi connectivity index (χ0v) is 18.4. The summed E-state index contributed by atoms with van der Waals surface area (Å²) in [5.74, 6) is 0.816. The van der Waals surface area contributed by atoms with Gasteiger partial charge in [-0.15, -0.1) is 0 Å². The largest absolute Gasteiger partial charge is 0.497 e. The van der Waals surface area contributed by atoms with Gasteiger partial charge in [0.15, 0.2) is 0 Å². The average molecular weight is 433 g/mol. The molecular weight excluding hydrogens is 408 g/mol. The van der Waals surface area contributed by atoms with E-state index in [1.54, 1.807) is 31.4 Å². The van der Waals surface area contributed by atoms with Crippen LogP contribution in [0.15, 0.2) is 72.9 Å². The number of methoxy groups -OCH3 is 1. The lowest BCUT2D eigenvalue weighted by molar-refractivity contribution is 0.0745. The molecule has 0 aliphatic rings. The number of H-pyrrole nitrogens is 1. The van der Waals surface area contributed by atoms with E-state index in [4.69, 9.17) is 16.3 Å². The molecule has 0 bridgehead atoms. The highest BCUT2D eigenvalue weighted by atomic mass is 35.5. The second kappa shape index (κ2) is 9.27. The van der Waals surface area contributed by atoms with Crippen molar-refractivity contribution in [3.63, 3.8) is 0 Å². The summed E-state index contributed by atoms with van der Waals surface area (Å²) in [6, 6.07) is 21.4. The van der Waals surface area contributed by atoms with Gasteiger partial charge in [0.1, 0.15) is 5.75 Å². The highest BCUT2D eigenvalue weighted by molar-refractivity contribution is 6.30. The summed E-state index contributed by atoms with van der Waals surface area (Å²) >= 11 is 6.01. The molecule has 158 valence electrons. The van der Waals surface area contributed by atoms with Crippen molar-refractivity contribution in [1.29, 1.82) is 0 Å². The number of hydrogen-bond donors (Lipinski definition) is 1. The Labute approximate surface area is 187 Å². The summed E-state index contributed by atoms with van der Waals surface area (Å²) in [7, 11) is 1.67. The van der Waals surface area contributed by atoms with Gasteiger partial charge in [0.25, 0.3) is 5.91 Å². The van der Waals surface area contributed by atoms with Gasteiger partial charge >= 0.3 is 0 Å². The van der Waals surface area contributed by atoms with Crippen molar-refractivity contribution < 1.29 is 9.53 Å². The summed E-state index contributed by atoms with van der Waals surface area (Å²) in [5.41, 5.74) is 5.16. The Hall–Kier alpha value is -3.24. The van der Waals surface area contributed by atoms with Gasteiger partial charge < -0.3 is 14.6 Å². The predicted octanol–water partition coefficient (Wildman–Crippen LogP) is 6.02. The fourth-order valence-electron chi connectivity index (χ4n) is 3.69. The van der Waals surface area contributed by atoms with Crippen LogP contribution in [0.2, 0.25) is 5.02 Å². The van der Waals surface area contributed by atoms with E-state index in [0.717, 1.165) is 34.2 Å². The number of rotatable bonds is 7. The third-order valence-corrected chi connectivity index (χ3v) is 5.75. The number of halogens is 1. The zero-order valence-electron chi connectivity index (χ0n) is 17.7. The van der Waals surface area contributed by atoms with E-state index in [9.17, 15) is 4.79 Å². The Morgan fingerprint density at radius 1 is 1.03 bits per heavy atom. The minimum Gasteiger partial charge on any atom is -0.497 e. The van der Waals surface area contributed by atoms with E-state index in [0.29, 0.717) is 23.7 Å². The lowest BCUT2D eigenvalue weighted by atomic mass is 10.1. The molecule has 4 aromatic rings. The SMILES string of the molecule is COc1ccc2[nH]cc(CCN(Cc3ccc(C)cc3)C(=O)c3ccc(Cl)cc3)c2c1. The Balaban J connectivity index is 1.58. The topological polar surface area (TPSA) is 45.3 Å². The number of aryl methyl sites for hydroxylation is 1. The van der Waals surface area contributed by atoms with Gasteiger partial charge in [-0.25, -0.2) is 0 Å². The van der Waals surface area contributed by atoms with Gasteiger partial charge in [-0.2, -0.15) is 0 Å². The van der Waals surface area contributed by atoms with Crippen LogP contribution in [-0.4, -0.2) is 29.4 Å². The lowest BCUT2D eigenvalue weighted by Gasteiger charge is -2.23. The molecular formula is C26H25ClN2O2. The Morgan fingerprint density at radius 3 is 2.48 bits per heavy atom. The van der Waals surface area contributed by atoms with Gasteiger partial charge in [-0.1, -0.05) is 41.4 Å². The Bertz CT molecular complexity index is 1180. The summed E-state index contributed by atoms with van der Waals surface area (Å²) in [4.78, 5) is 18.5. The molecule has 0 aliphatic carbocycles. The van der Waals surface area contributed by atoms with Gasteiger partial charge in [0.2, 0.25) is 0 Å². The van der Waals surface area contributed by atoms with Crippen LogP contribution in [-0.2, 0) is 13.0 Å². The molecule has 5 heteroatoms. The van der Waals surface area contributed by atoms with Gasteiger partial charge in [-0.05, 0) is 66.9 Å². The fourth-order valence-corrected chi connectivity index (χ4v) is 3.81. The number of hydrogen-bond acceptors (Lipinski definition) is 2. The summed E-state index contributed by atoms with van der Waals surface area (Å²) in [5, 5.41) is 1.74. The van der Waals surface area contributed by atoms with Crippen molar-refractivity contribution >= 4 is 28.4 Å². The van der Waals surface area contributed by atoms with Crippen LogP contribution < -0.4 is 4.74 Å². The zero-order chi connectivity index (χ0) is 21.8. The van der Waals surface area contributed by atoms with Crippen molar-refractivity contribution in [3.8, 4) is 5.75 Å². The highest BCUT2D eigenvalue weighted by Crippen LogP contribution is 2.24. The number of carbonyl (C=O) groups is 1. The first kappa shape index (κ1) is 21.0. The first-order valence-electron chi connectivity index (χ1n) is 10.3. The van der Waals surface area contributed by atoms with Crippen LogP contribution in [0.25, 0.3) is 10.9 Å². The first-order valence-corrected chi connectivity index (χ1v) is 10.7. The monoisotopic (exact) mass is 432 g/mol. The average Bonchev–Trinajstić information content (AvgIpc) is 3.20.